The van der Waals surface area contributed by atoms with Gasteiger partial charge in [0.1, 0.15) is 0 Å². The molecule has 8 heteroatoms. The predicted octanol–water partition coefficient (Wildman–Crippen LogP) is 3.26. The number of fused-ring (bicyclic) bond motifs is 1. The lowest BCUT2D eigenvalue weighted by molar-refractivity contribution is -0.120. The van der Waals surface area contributed by atoms with Gasteiger partial charge in [0.25, 0.3) is 5.22 Å². The fraction of sp³-hybridized carbons (Fsp3) is 0.211. The van der Waals surface area contributed by atoms with Gasteiger partial charge >= 0.3 is 0 Å². The van der Waals surface area contributed by atoms with Gasteiger partial charge in [-0.2, -0.15) is 0 Å². The molecule has 0 aliphatic carbocycles. The van der Waals surface area contributed by atoms with E-state index in [2.05, 4.69) is 15.5 Å². The van der Waals surface area contributed by atoms with Gasteiger partial charge in [0, 0.05) is 12.1 Å². The van der Waals surface area contributed by atoms with Crippen LogP contribution in [0.4, 0.5) is 0 Å². The summed E-state index contributed by atoms with van der Waals surface area (Å²) < 4.78 is 16.3. The third kappa shape index (κ3) is 4.06. The van der Waals surface area contributed by atoms with Gasteiger partial charge in [0.05, 0.1) is 5.25 Å². The second kappa shape index (κ2) is 7.71. The van der Waals surface area contributed by atoms with E-state index in [0.29, 0.717) is 29.2 Å². The van der Waals surface area contributed by atoms with E-state index in [1.54, 1.807) is 19.1 Å². The molecule has 2 heterocycles. The molecule has 4 rings (SSSR count). The number of thioether (sulfide) groups is 1. The summed E-state index contributed by atoms with van der Waals surface area (Å²) in [6, 6.07) is 15.2. The zero-order valence-corrected chi connectivity index (χ0v) is 15.4. The van der Waals surface area contributed by atoms with Crippen LogP contribution in [0.2, 0.25) is 0 Å². The average Bonchev–Trinajstić information content (AvgIpc) is 3.35. The zero-order valence-electron chi connectivity index (χ0n) is 14.5. The lowest BCUT2D eigenvalue weighted by atomic mass is 10.2. The number of carbonyl (C=O) groups excluding carboxylic acids is 1. The molecule has 2 aromatic carbocycles. The fourth-order valence-electron chi connectivity index (χ4n) is 2.54. The number of nitrogens with one attached hydrogen (secondary N) is 1. The van der Waals surface area contributed by atoms with Gasteiger partial charge in [-0.05, 0) is 30.7 Å². The monoisotopic (exact) mass is 383 g/mol. The van der Waals surface area contributed by atoms with Crippen LogP contribution in [0.1, 0.15) is 12.5 Å². The lowest BCUT2D eigenvalue weighted by Crippen LogP contribution is -2.30. The number of hydrogen-bond acceptors (Lipinski definition) is 7. The first-order valence-electron chi connectivity index (χ1n) is 8.41. The summed E-state index contributed by atoms with van der Waals surface area (Å²) in [5, 5.41) is 11.0. The van der Waals surface area contributed by atoms with E-state index in [4.69, 9.17) is 13.9 Å². The van der Waals surface area contributed by atoms with Crippen molar-refractivity contribution < 1.29 is 18.7 Å². The number of nitrogens with zero attached hydrogens (tertiary/aromatic N) is 2. The normalized spacial score (nSPS) is 13.4. The number of hydrogen-bond donors (Lipinski definition) is 1. The Morgan fingerprint density at radius 2 is 1.96 bits per heavy atom. The molecule has 0 fully saturated rings. The van der Waals surface area contributed by atoms with Crippen molar-refractivity contribution in [2.24, 2.45) is 0 Å². The highest BCUT2D eigenvalue weighted by Gasteiger charge is 2.20. The largest absolute Gasteiger partial charge is 0.454 e. The van der Waals surface area contributed by atoms with E-state index in [-0.39, 0.29) is 18.0 Å². The number of carbonyl (C=O) groups is 1. The van der Waals surface area contributed by atoms with E-state index in [9.17, 15) is 4.79 Å². The molecule has 1 aromatic heterocycles. The summed E-state index contributed by atoms with van der Waals surface area (Å²) in [6.07, 6.45) is 0. The molecule has 1 aliphatic heterocycles. The Hall–Kier alpha value is -3.00. The highest BCUT2D eigenvalue weighted by molar-refractivity contribution is 8.00. The molecule has 7 nitrogen and oxygen atoms in total. The predicted molar refractivity (Wildman–Crippen MR) is 99.5 cm³/mol. The summed E-state index contributed by atoms with van der Waals surface area (Å²) in [7, 11) is 0. The van der Waals surface area contributed by atoms with Crippen molar-refractivity contribution in [2.75, 3.05) is 6.79 Å². The molecule has 0 radical (unpaired) electrons. The highest BCUT2D eigenvalue weighted by Crippen LogP contribution is 2.36. The molecule has 0 spiro atoms. The minimum absolute atomic E-state index is 0.0910. The molecule has 1 atom stereocenters. The van der Waals surface area contributed by atoms with Gasteiger partial charge in [-0.15, -0.1) is 10.2 Å². The Morgan fingerprint density at radius 1 is 1.15 bits per heavy atom. The Labute approximate surface area is 160 Å². The standard InChI is InChI=1S/C19H17N3O4S/c1-12(17(23)20-10-13-5-3-2-4-6-13)27-19-22-21-18(26-19)14-7-8-15-16(9-14)25-11-24-15/h2-9,12H,10-11H2,1H3,(H,20,23). The Balaban J connectivity index is 1.36. The maximum atomic E-state index is 12.3. The summed E-state index contributed by atoms with van der Waals surface area (Å²) in [5.41, 5.74) is 1.78. The van der Waals surface area contributed by atoms with Gasteiger partial charge in [-0.3, -0.25) is 4.79 Å². The smallest absolute Gasteiger partial charge is 0.277 e. The minimum Gasteiger partial charge on any atom is -0.454 e. The molecule has 0 bridgehead atoms. The van der Waals surface area contributed by atoms with Crippen molar-refractivity contribution in [3.63, 3.8) is 0 Å². The number of ether oxygens (including phenoxy) is 2. The van der Waals surface area contributed by atoms with Crippen molar-refractivity contribution in [1.82, 2.24) is 15.5 Å². The highest BCUT2D eigenvalue weighted by atomic mass is 32.2. The number of benzene rings is 2. The average molecular weight is 383 g/mol. The second-order valence-electron chi connectivity index (χ2n) is 5.90. The number of aromatic nitrogens is 2. The maximum Gasteiger partial charge on any atom is 0.277 e. The third-order valence-electron chi connectivity index (χ3n) is 3.98. The molecule has 27 heavy (non-hydrogen) atoms. The second-order valence-corrected chi connectivity index (χ2v) is 7.20. The lowest BCUT2D eigenvalue weighted by Gasteiger charge is -2.09. The molecular weight excluding hydrogens is 366 g/mol. The Kier molecular flexibility index (Phi) is 4.97. The van der Waals surface area contributed by atoms with Crippen LogP contribution < -0.4 is 14.8 Å². The zero-order chi connectivity index (χ0) is 18.6. The third-order valence-corrected chi connectivity index (χ3v) is 4.92. The first kappa shape index (κ1) is 17.4. The molecule has 1 N–H and O–H groups in total. The number of rotatable bonds is 6. The van der Waals surface area contributed by atoms with Gasteiger partial charge < -0.3 is 19.2 Å². The van der Waals surface area contributed by atoms with E-state index in [0.717, 1.165) is 11.1 Å². The van der Waals surface area contributed by atoms with Crippen molar-refractivity contribution in [3.05, 3.63) is 54.1 Å². The van der Waals surface area contributed by atoms with Crippen LogP contribution >= 0.6 is 11.8 Å². The quantitative estimate of drug-likeness (QED) is 0.654. The number of amides is 1. The fourth-order valence-corrected chi connectivity index (χ4v) is 3.24. The van der Waals surface area contributed by atoms with Crippen LogP contribution in [0.5, 0.6) is 11.5 Å². The van der Waals surface area contributed by atoms with Gasteiger partial charge in [-0.1, -0.05) is 42.1 Å². The summed E-state index contributed by atoms with van der Waals surface area (Å²) >= 11 is 1.22. The van der Waals surface area contributed by atoms with Crippen LogP contribution in [0.15, 0.2) is 58.2 Å². The molecule has 0 saturated carbocycles. The van der Waals surface area contributed by atoms with E-state index in [1.165, 1.54) is 11.8 Å². The molecule has 138 valence electrons. The molecule has 3 aromatic rings. The van der Waals surface area contributed by atoms with Crippen molar-refractivity contribution >= 4 is 17.7 Å². The van der Waals surface area contributed by atoms with E-state index in [1.807, 2.05) is 36.4 Å². The van der Waals surface area contributed by atoms with E-state index < -0.39 is 0 Å². The van der Waals surface area contributed by atoms with Gasteiger partial charge in [0.15, 0.2) is 11.5 Å². The van der Waals surface area contributed by atoms with Crippen LogP contribution in [0, 0.1) is 0 Å². The van der Waals surface area contributed by atoms with Crippen LogP contribution in [-0.4, -0.2) is 28.1 Å². The topological polar surface area (TPSA) is 86.5 Å². The van der Waals surface area contributed by atoms with Crippen molar-refractivity contribution in [1.29, 1.82) is 0 Å². The molecule has 1 unspecified atom stereocenters. The van der Waals surface area contributed by atoms with Crippen LogP contribution in [0.3, 0.4) is 0 Å². The molecule has 1 aliphatic rings. The SMILES string of the molecule is CC(Sc1nnc(-c2ccc3c(c2)OCO3)o1)C(=O)NCc1ccccc1. The van der Waals surface area contributed by atoms with E-state index >= 15 is 0 Å². The maximum absolute atomic E-state index is 12.3. The first-order chi connectivity index (χ1) is 13.2. The summed E-state index contributed by atoms with van der Waals surface area (Å²) in [5.74, 6) is 1.62. The Bertz CT molecular complexity index is 945. The first-order valence-corrected chi connectivity index (χ1v) is 9.29. The summed E-state index contributed by atoms with van der Waals surface area (Å²) in [4.78, 5) is 12.3. The molecule has 1 amide bonds. The molecule has 0 saturated heterocycles. The van der Waals surface area contributed by atoms with Gasteiger partial charge in [0.2, 0.25) is 18.6 Å². The summed E-state index contributed by atoms with van der Waals surface area (Å²) in [6.45, 7) is 2.49. The van der Waals surface area contributed by atoms with Gasteiger partial charge in [-0.25, -0.2) is 0 Å². The van der Waals surface area contributed by atoms with Crippen molar-refractivity contribution in [3.8, 4) is 23.0 Å². The van der Waals surface area contributed by atoms with Crippen LogP contribution in [-0.2, 0) is 11.3 Å². The Morgan fingerprint density at radius 3 is 2.81 bits per heavy atom. The molecular formula is C19H17N3O4S. The van der Waals surface area contributed by atoms with Crippen molar-refractivity contribution in [2.45, 2.75) is 23.9 Å². The van der Waals surface area contributed by atoms with Crippen LogP contribution in [0.25, 0.3) is 11.5 Å². The minimum atomic E-state index is -0.362.